The van der Waals surface area contributed by atoms with E-state index in [1.165, 1.54) is 0 Å². The molecule has 4 aromatic rings. The first kappa shape index (κ1) is 14.7. The maximum atomic E-state index is 12.6. The third-order valence-corrected chi connectivity index (χ3v) is 4.29. The molecule has 0 aliphatic heterocycles. The summed E-state index contributed by atoms with van der Waals surface area (Å²) in [6.07, 6.45) is 3.34. The summed E-state index contributed by atoms with van der Waals surface area (Å²) in [7, 11) is 0. The van der Waals surface area contributed by atoms with Crippen LogP contribution in [0.4, 0.5) is 0 Å². The zero-order valence-electron chi connectivity index (χ0n) is 13.1. The molecule has 0 fully saturated rings. The lowest BCUT2D eigenvalue weighted by Crippen LogP contribution is -2.24. The fourth-order valence-corrected chi connectivity index (χ4v) is 3.12. The lowest BCUT2D eigenvalue weighted by atomic mass is 10.0. The number of nitrogens with zero attached hydrogens (tertiary/aromatic N) is 1. The zero-order chi connectivity index (χ0) is 16.5. The molecule has 2 aromatic carbocycles. The fourth-order valence-electron chi connectivity index (χ4n) is 3.12. The monoisotopic (exact) mass is 322 g/mol. The van der Waals surface area contributed by atoms with Gasteiger partial charge in [0.15, 0.2) is 0 Å². The topological polar surface area (TPSA) is 93.8 Å². The van der Waals surface area contributed by atoms with E-state index in [1.54, 1.807) is 0 Å². The second kappa shape index (κ2) is 5.98. The van der Waals surface area contributed by atoms with Crippen LogP contribution in [-0.2, 0) is 0 Å². The Labute approximate surface area is 137 Å². The molecule has 122 valence electrons. The smallest absolute Gasteiger partial charge is 0.251 e. The van der Waals surface area contributed by atoms with Gasteiger partial charge in [0.25, 0.3) is 5.91 Å². The molecule has 6 heteroatoms. The first-order valence-corrected chi connectivity index (χ1v) is 8.05. The van der Waals surface area contributed by atoms with Gasteiger partial charge in [-0.3, -0.25) is 9.89 Å². The summed E-state index contributed by atoms with van der Waals surface area (Å²) >= 11 is 0. The molecular formula is C18H18N4O2. The Morgan fingerprint density at radius 3 is 3.00 bits per heavy atom. The van der Waals surface area contributed by atoms with Crippen molar-refractivity contribution < 1.29 is 9.90 Å². The van der Waals surface area contributed by atoms with Gasteiger partial charge in [-0.2, -0.15) is 0 Å². The number of hydrogen-bond acceptors (Lipinski definition) is 3. The molecule has 6 nitrogen and oxygen atoms in total. The number of hydrogen-bond donors (Lipinski definition) is 4. The zero-order valence-corrected chi connectivity index (χ0v) is 13.1. The lowest BCUT2D eigenvalue weighted by molar-refractivity contribution is 0.0954. The van der Waals surface area contributed by atoms with E-state index < -0.39 is 0 Å². The number of rotatable bonds is 5. The van der Waals surface area contributed by atoms with Crippen molar-refractivity contribution in [3.8, 4) is 0 Å². The summed E-state index contributed by atoms with van der Waals surface area (Å²) in [4.78, 5) is 17.3. The minimum Gasteiger partial charge on any atom is -0.396 e. The number of carbonyl (C=O) groups excluding carboxylic acids is 1. The highest BCUT2D eigenvalue weighted by Crippen LogP contribution is 2.32. The van der Waals surface area contributed by atoms with Crippen molar-refractivity contribution in [3.05, 3.63) is 42.1 Å². The van der Waals surface area contributed by atoms with Gasteiger partial charge in [0.2, 0.25) is 0 Å². The number of H-pyrrole nitrogens is 2. The van der Waals surface area contributed by atoms with Crippen LogP contribution in [0.3, 0.4) is 0 Å². The third-order valence-electron chi connectivity index (χ3n) is 4.29. The van der Waals surface area contributed by atoms with Gasteiger partial charge >= 0.3 is 0 Å². The van der Waals surface area contributed by atoms with Crippen molar-refractivity contribution in [3.63, 3.8) is 0 Å². The average Bonchev–Trinajstić information content (AvgIpc) is 3.21. The molecule has 0 atom stereocenters. The maximum Gasteiger partial charge on any atom is 0.251 e. The number of nitrogens with one attached hydrogen (secondary N) is 3. The molecular weight excluding hydrogens is 304 g/mol. The number of amides is 1. The number of unbranched alkanes of at least 4 members (excludes halogenated alkanes) is 1. The van der Waals surface area contributed by atoms with Crippen LogP contribution in [0.2, 0.25) is 0 Å². The van der Waals surface area contributed by atoms with Crippen molar-refractivity contribution >= 4 is 38.6 Å². The highest BCUT2D eigenvalue weighted by Gasteiger charge is 2.16. The minimum absolute atomic E-state index is 0.106. The number of aromatic amines is 2. The molecule has 0 aliphatic carbocycles. The number of aliphatic hydroxyl groups excluding tert-OH is 1. The normalized spacial score (nSPS) is 11.5. The average molecular weight is 322 g/mol. The van der Waals surface area contributed by atoms with Crippen LogP contribution in [0.25, 0.3) is 32.7 Å². The number of carbonyl (C=O) groups is 1. The Hall–Kier alpha value is -2.86. The van der Waals surface area contributed by atoms with Gasteiger partial charge in [0.05, 0.1) is 16.6 Å². The van der Waals surface area contributed by atoms with Crippen molar-refractivity contribution in [2.45, 2.75) is 12.8 Å². The van der Waals surface area contributed by atoms with Crippen molar-refractivity contribution in [1.29, 1.82) is 0 Å². The Balaban J connectivity index is 1.81. The lowest BCUT2D eigenvalue weighted by Gasteiger charge is -2.06. The van der Waals surface area contributed by atoms with Crippen molar-refractivity contribution in [1.82, 2.24) is 20.5 Å². The molecule has 0 radical (unpaired) electrons. The molecule has 2 aromatic heterocycles. The molecule has 2 heterocycles. The van der Waals surface area contributed by atoms with Gasteiger partial charge < -0.3 is 15.5 Å². The summed E-state index contributed by atoms with van der Waals surface area (Å²) in [5, 5.41) is 20.7. The van der Waals surface area contributed by atoms with Crippen molar-refractivity contribution in [2.75, 3.05) is 13.2 Å². The van der Waals surface area contributed by atoms with E-state index in [-0.39, 0.29) is 12.5 Å². The second-order valence-corrected chi connectivity index (χ2v) is 5.84. The van der Waals surface area contributed by atoms with Gasteiger partial charge in [0.1, 0.15) is 0 Å². The van der Waals surface area contributed by atoms with E-state index in [9.17, 15) is 4.79 Å². The summed E-state index contributed by atoms with van der Waals surface area (Å²) in [6.45, 7) is 0.698. The highest BCUT2D eigenvalue weighted by molar-refractivity contribution is 6.21. The predicted molar refractivity (Wildman–Crippen MR) is 94.1 cm³/mol. The predicted octanol–water partition coefficient (Wildman–Crippen LogP) is 2.70. The van der Waals surface area contributed by atoms with Crippen LogP contribution in [0.15, 0.2) is 36.5 Å². The Morgan fingerprint density at radius 2 is 2.12 bits per heavy atom. The number of fused-ring (bicyclic) bond motifs is 5. The molecule has 4 rings (SSSR count). The van der Waals surface area contributed by atoms with Crippen LogP contribution in [0, 0.1) is 0 Å². The van der Waals surface area contributed by atoms with Gasteiger partial charge in [-0.05, 0) is 25.0 Å². The second-order valence-electron chi connectivity index (χ2n) is 5.84. The summed E-state index contributed by atoms with van der Waals surface area (Å²) in [6, 6.07) is 9.64. The van der Waals surface area contributed by atoms with E-state index in [0.717, 1.165) is 39.1 Å². The van der Waals surface area contributed by atoms with Crippen LogP contribution in [-0.4, -0.2) is 39.3 Å². The van der Waals surface area contributed by atoms with Gasteiger partial charge in [0, 0.05) is 41.1 Å². The van der Waals surface area contributed by atoms with Crippen LogP contribution in [0.5, 0.6) is 0 Å². The number of aliphatic hydroxyl groups is 1. The Bertz CT molecular complexity index is 1030. The molecule has 4 N–H and O–H groups in total. The van der Waals surface area contributed by atoms with E-state index in [1.807, 2.05) is 36.5 Å². The third kappa shape index (κ3) is 2.32. The first-order valence-electron chi connectivity index (χ1n) is 8.05. The van der Waals surface area contributed by atoms with E-state index in [2.05, 4.69) is 15.5 Å². The molecule has 0 bridgehead atoms. The van der Waals surface area contributed by atoms with E-state index in [0.29, 0.717) is 18.5 Å². The van der Waals surface area contributed by atoms with Crippen LogP contribution in [0.1, 0.15) is 23.2 Å². The Morgan fingerprint density at radius 1 is 1.21 bits per heavy atom. The number of benzene rings is 2. The summed E-state index contributed by atoms with van der Waals surface area (Å²) in [5.41, 5.74) is 3.26. The minimum atomic E-state index is -0.106. The molecule has 1 amide bonds. The summed E-state index contributed by atoms with van der Waals surface area (Å²) < 4.78 is 0. The standard InChI is InChI=1S/C18H18N4O2/c23-9-2-1-8-19-18(24)13-4-3-5-14-15(13)12-7-6-11-10-20-22-16(11)17(12)21-14/h3-7,10,20,22-23H,1-2,8-9H2,(H,19,24). The van der Waals surface area contributed by atoms with E-state index >= 15 is 0 Å². The van der Waals surface area contributed by atoms with E-state index in [4.69, 9.17) is 10.1 Å². The molecule has 0 spiro atoms. The maximum absolute atomic E-state index is 12.6. The quantitative estimate of drug-likeness (QED) is 0.426. The fraction of sp³-hybridized carbons (Fsp3) is 0.222. The SMILES string of the molecule is O=C(NCCCCO)c1cccc2nc3c(ccc4c[nH][nH]c43)c12. The first-order chi connectivity index (χ1) is 11.8. The molecule has 0 saturated heterocycles. The molecule has 24 heavy (non-hydrogen) atoms. The van der Waals surface area contributed by atoms with Gasteiger partial charge in [-0.25, -0.2) is 4.98 Å². The molecule has 0 saturated carbocycles. The number of aromatic nitrogens is 3. The Kier molecular flexibility index (Phi) is 3.66. The largest absolute Gasteiger partial charge is 0.396 e. The van der Waals surface area contributed by atoms with Crippen LogP contribution >= 0.6 is 0 Å². The molecule has 0 unspecified atom stereocenters. The van der Waals surface area contributed by atoms with Gasteiger partial charge in [-0.1, -0.05) is 18.2 Å². The summed E-state index contributed by atoms with van der Waals surface area (Å²) in [5.74, 6) is -0.106. The highest BCUT2D eigenvalue weighted by atomic mass is 16.2. The van der Waals surface area contributed by atoms with Crippen molar-refractivity contribution in [2.24, 2.45) is 0 Å². The van der Waals surface area contributed by atoms with Crippen LogP contribution < -0.4 is 5.32 Å². The van der Waals surface area contributed by atoms with Gasteiger partial charge in [-0.15, -0.1) is 0 Å². The molecule has 0 aliphatic rings.